The molecule has 1 saturated heterocycles. The van der Waals surface area contributed by atoms with Crippen LogP contribution in [0.4, 0.5) is 0 Å². The normalized spacial score (nSPS) is 18.6. The van der Waals surface area contributed by atoms with E-state index in [0.717, 1.165) is 25.9 Å². The first-order chi connectivity index (χ1) is 9.49. The van der Waals surface area contributed by atoms with Crippen LogP contribution < -0.4 is 10.6 Å². The van der Waals surface area contributed by atoms with Gasteiger partial charge in [0.2, 0.25) is 5.91 Å². The topological polar surface area (TPSA) is 70.7 Å². The molecule has 0 aliphatic carbocycles. The van der Waals surface area contributed by atoms with E-state index in [1.165, 1.54) is 7.11 Å². The van der Waals surface area contributed by atoms with Gasteiger partial charge in [0.15, 0.2) is 0 Å². The Labute approximate surface area is 121 Å². The van der Waals surface area contributed by atoms with Crippen LogP contribution in [0.15, 0.2) is 0 Å². The second kappa shape index (κ2) is 8.21. The lowest BCUT2D eigenvalue weighted by atomic mass is 9.90. The van der Waals surface area contributed by atoms with Crippen LogP contribution >= 0.6 is 0 Å². The van der Waals surface area contributed by atoms with E-state index in [0.29, 0.717) is 25.9 Å². The average molecular weight is 285 g/mol. The first-order valence-corrected chi connectivity index (χ1v) is 7.24. The second-order valence-electron chi connectivity index (χ2n) is 5.62. The maximum Gasteiger partial charge on any atom is 0.305 e. The van der Waals surface area contributed by atoms with E-state index in [9.17, 15) is 9.59 Å². The number of methoxy groups -OCH3 is 1. The highest BCUT2D eigenvalue weighted by molar-refractivity contribution is 5.78. The zero-order valence-electron chi connectivity index (χ0n) is 12.8. The summed E-state index contributed by atoms with van der Waals surface area (Å²) in [6, 6.07) is 0. The molecule has 2 N–H and O–H groups in total. The minimum atomic E-state index is -0.235. The molecule has 0 atom stereocenters. The van der Waals surface area contributed by atoms with Gasteiger partial charge < -0.3 is 15.4 Å². The molecule has 1 amide bonds. The number of nitrogens with zero attached hydrogens (tertiary/aromatic N) is 1. The Morgan fingerprint density at radius 1 is 1.30 bits per heavy atom. The molecule has 0 bridgehead atoms. The molecular weight excluding hydrogens is 258 g/mol. The highest BCUT2D eigenvalue weighted by Crippen LogP contribution is 2.20. The Morgan fingerprint density at radius 3 is 2.50 bits per heavy atom. The van der Waals surface area contributed by atoms with E-state index < -0.39 is 0 Å². The molecule has 1 rings (SSSR count). The summed E-state index contributed by atoms with van der Waals surface area (Å²) in [5.41, 5.74) is 0.202. The molecule has 1 aliphatic heterocycles. The van der Waals surface area contributed by atoms with Crippen molar-refractivity contribution in [2.75, 3.05) is 40.3 Å². The number of carbonyl (C=O) groups excluding carboxylic acids is 2. The van der Waals surface area contributed by atoms with Gasteiger partial charge in [-0.2, -0.15) is 0 Å². The molecule has 1 aliphatic rings. The van der Waals surface area contributed by atoms with Crippen molar-refractivity contribution in [1.82, 2.24) is 15.5 Å². The summed E-state index contributed by atoms with van der Waals surface area (Å²) in [6.07, 6.45) is 3.08. The molecule has 0 aromatic heterocycles. The average Bonchev–Trinajstić information content (AvgIpc) is 2.46. The molecular formula is C14H27N3O3. The van der Waals surface area contributed by atoms with E-state index in [4.69, 9.17) is 0 Å². The van der Waals surface area contributed by atoms with Crippen molar-refractivity contribution in [2.45, 2.75) is 38.1 Å². The van der Waals surface area contributed by atoms with Gasteiger partial charge in [0.1, 0.15) is 0 Å². The van der Waals surface area contributed by atoms with Gasteiger partial charge in [0.25, 0.3) is 0 Å². The number of carbonyl (C=O) groups is 2. The molecule has 0 aromatic rings. The first-order valence-electron chi connectivity index (χ1n) is 7.24. The summed E-state index contributed by atoms with van der Waals surface area (Å²) in [7, 11) is 3.36. The third-order valence-electron chi connectivity index (χ3n) is 4.04. The highest BCUT2D eigenvalue weighted by Gasteiger charge is 2.28. The molecule has 1 heterocycles. The number of piperidine rings is 1. The van der Waals surface area contributed by atoms with Crippen LogP contribution in [-0.4, -0.2) is 62.7 Å². The fourth-order valence-corrected chi connectivity index (χ4v) is 2.28. The fourth-order valence-electron chi connectivity index (χ4n) is 2.28. The van der Waals surface area contributed by atoms with Crippen molar-refractivity contribution in [1.29, 1.82) is 0 Å². The standard InChI is InChI=1S/C14H27N3O3/c1-14(15-2)6-9-17(10-7-14)11-12(18)16-8-4-5-13(19)20-3/h15H,4-11H2,1-3H3,(H,16,18). The van der Waals surface area contributed by atoms with Crippen molar-refractivity contribution < 1.29 is 14.3 Å². The zero-order chi connectivity index (χ0) is 15.0. The third-order valence-corrected chi connectivity index (χ3v) is 4.04. The number of hydrogen-bond donors (Lipinski definition) is 2. The quantitative estimate of drug-likeness (QED) is 0.514. The molecule has 0 radical (unpaired) electrons. The predicted octanol–water partition coefficient (Wildman–Crippen LogP) is 0.130. The summed E-state index contributed by atoms with van der Waals surface area (Å²) in [4.78, 5) is 24.9. The Bertz CT molecular complexity index is 326. The SMILES string of the molecule is CNC1(C)CCN(CC(=O)NCCCC(=O)OC)CC1. The summed E-state index contributed by atoms with van der Waals surface area (Å²) in [6.45, 7) is 5.06. The first kappa shape index (κ1) is 16.9. The molecule has 0 unspecified atom stereocenters. The van der Waals surface area contributed by atoms with Gasteiger partial charge in [-0.1, -0.05) is 0 Å². The summed E-state index contributed by atoms with van der Waals surface area (Å²) in [5.74, 6) is -0.204. The zero-order valence-corrected chi connectivity index (χ0v) is 12.8. The summed E-state index contributed by atoms with van der Waals surface area (Å²) >= 11 is 0. The van der Waals surface area contributed by atoms with Gasteiger partial charge in [0, 0.05) is 31.6 Å². The van der Waals surface area contributed by atoms with E-state index in [1.807, 2.05) is 7.05 Å². The van der Waals surface area contributed by atoms with Gasteiger partial charge in [-0.15, -0.1) is 0 Å². The Hall–Kier alpha value is -1.14. The van der Waals surface area contributed by atoms with Gasteiger partial charge >= 0.3 is 5.97 Å². The highest BCUT2D eigenvalue weighted by atomic mass is 16.5. The maximum absolute atomic E-state index is 11.8. The summed E-state index contributed by atoms with van der Waals surface area (Å²) in [5, 5.41) is 6.18. The van der Waals surface area contributed by atoms with Gasteiger partial charge in [-0.05, 0) is 33.2 Å². The number of likely N-dealkylation sites (tertiary alicyclic amines) is 1. The number of amides is 1. The molecule has 0 spiro atoms. The lowest BCUT2D eigenvalue weighted by molar-refractivity contribution is -0.140. The fraction of sp³-hybridized carbons (Fsp3) is 0.857. The lowest BCUT2D eigenvalue weighted by Gasteiger charge is -2.39. The van der Waals surface area contributed by atoms with E-state index in [-0.39, 0.29) is 17.4 Å². The van der Waals surface area contributed by atoms with Crippen LogP contribution in [0.1, 0.15) is 32.6 Å². The molecule has 0 aromatic carbocycles. The lowest BCUT2D eigenvalue weighted by Crippen LogP contribution is -2.51. The largest absolute Gasteiger partial charge is 0.469 e. The number of nitrogens with one attached hydrogen (secondary N) is 2. The van der Waals surface area contributed by atoms with Crippen LogP contribution in [0, 0.1) is 0 Å². The van der Waals surface area contributed by atoms with Crippen LogP contribution in [0.3, 0.4) is 0 Å². The van der Waals surface area contributed by atoms with E-state index in [1.54, 1.807) is 0 Å². The van der Waals surface area contributed by atoms with Crippen molar-refractivity contribution in [2.24, 2.45) is 0 Å². The van der Waals surface area contributed by atoms with Crippen LogP contribution in [0.5, 0.6) is 0 Å². The third kappa shape index (κ3) is 5.88. The number of ether oxygens (including phenoxy) is 1. The van der Waals surface area contributed by atoms with Gasteiger partial charge in [0.05, 0.1) is 13.7 Å². The Kier molecular flexibility index (Phi) is 6.95. The van der Waals surface area contributed by atoms with Crippen LogP contribution in [0.25, 0.3) is 0 Å². The molecule has 20 heavy (non-hydrogen) atoms. The van der Waals surface area contributed by atoms with Crippen molar-refractivity contribution in [3.8, 4) is 0 Å². The van der Waals surface area contributed by atoms with Crippen LogP contribution in [0.2, 0.25) is 0 Å². The predicted molar refractivity (Wildman–Crippen MR) is 77.4 cm³/mol. The number of hydrogen-bond acceptors (Lipinski definition) is 5. The monoisotopic (exact) mass is 285 g/mol. The van der Waals surface area contributed by atoms with Crippen LogP contribution in [-0.2, 0) is 14.3 Å². The van der Waals surface area contributed by atoms with Gasteiger partial charge in [-0.25, -0.2) is 0 Å². The molecule has 6 heteroatoms. The minimum Gasteiger partial charge on any atom is -0.469 e. The van der Waals surface area contributed by atoms with Crippen molar-refractivity contribution >= 4 is 11.9 Å². The number of rotatable bonds is 7. The van der Waals surface area contributed by atoms with Crippen molar-refractivity contribution in [3.05, 3.63) is 0 Å². The van der Waals surface area contributed by atoms with Crippen molar-refractivity contribution in [3.63, 3.8) is 0 Å². The molecule has 1 fully saturated rings. The van der Waals surface area contributed by atoms with E-state index in [2.05, 4.69) is 27.2 Å². The van der Waals surface area contributed by atoms with Gasteiger partial charge in [-0.3, -0.25) is 14.5 Å². The molecule has 116 valence electrons. The maximum atomic E-state index is 11.8. The van der Waals surface area contributed by atoms with E-state index >= 15 is 0 Å². The summed E-state index contributed by atoms with van der Waals surface area (Å²) < 4.78 is 4.54. The minimum absolute atomic E-state index is 0.0305. The Balaban J connectivity index is 2.13. The number of esters is 1. The molecule has 6 nitrogen and oxygen atoms in total. The Morgan fingerprint density at radius 2 is 1.95 bits per heavy atom. The second-order valence-corrected chi connectivity index (χ2v) is 5.62. The smallest absolute Gasteiger partial charge is 0.305 e. The molecule has 0 saturated carbocycles.